The molecule has 0 aliphatic heterocycles. The van der Waals surface area contributed by atoms with Crippen molar-refractivity contribution in [1.82, 2.24) is 4.98 Å². The Kier molecular flexibility index (Phi) is 9.41. The molecule has 0 saturated heterocycles. The minimum absolute atomic E-state index is 0. The molecule has 1 atom stereocenters. The molecule has 1 amide bonds. The normalized spacial score (nSPS) is 11.4. The van der Waals surface area contributed by atoms with Crippen LogP contribution >= 0.6 is 24.8 Å². The number of nitrogens with two attached hydrogens (primary N) is 1. The van der Waals surface area contributed by atoms with Crippen molar-refractivity contribution in [3.63, 3.8) is 0 Å². The molecule has 2 aromatic rings. The predicted molar refractivity (Wildman–Crippen MR) is 108 cm³/mol. The molecule has 1 heterocycles. The number of nitrogens with one attached hydrogen (secondary N) is 1. The van der Waals surface area contributed by atoms with Gasteiger partial charge in [-0.2, -0.15) is 0 Å². The molecule has 2 rings (SSSR count). The van der Waals surface area contributed by atoms with Gasteiger partial charge in [0.05, 0.1) is 25.0 Å². The summed E-state index contributed by atoms with van der Waals surface area (Å²) in [6, 6.07) is 9.99. The van der Waals surface area contributed by atoms with Gasteiger partial charge in [0, 0.05) is 6.07 Å². The van der Waals surface area contributed by atoms with Crippen LogP contribution < -0.4 is 20.5 Å². The van der Waals surface area contributed by atoms with Gasteiger partial charge in [0.1, 0.15) is 11.5 Å². The maximum Gasteiger partial charge on any atom is 0.241 e. The molecule has 1 aromatic carbocycles. The number of aromatic nitrogens is 1. The van der Waals surface area contributed by atoms with Crippen LogP contribution in [0.1, 0.15) is 20.8 Å². The van der Waals surface area contributed by atoms with Gasteiger partial charge in [-0.25, -0.2) is 4.98 Å². The SMILES string of the molecule is COc1ccc(Oc2ccc(NC(=O)[C@@H](N)C(C)(C)C)cn2)cc1.Cl.Cl. The number of hydrogen-bond acceptors (Lipinski definition) is 5. The van der Waals surface area contributed by atoms with Crippen molar-refractivity contribution < 1.29 is 14.3 Å². The Bertz CT molecular complexity index is 686. The first-order valence-electron chi connectivity index (χ1n) is 7.64. The Labute approximate surface area is 166 Å². The van der Waals surface area contributed by atoms with Crippen LogP contribution in [0.15, 0.2) is 42.6 Å². The third-order valence-corrected chi connectivity index (χ3v) is 3.50. The average molecular weight is 402 g/mol. The number of carbonyl (C=O) groups is 1. The molecule has 3 N–H and O–H groups in total. The summed E-state index contributed by atoms with van der Waals surface area (Å²) >= 11 is 0. The van der Waals surface area contributed by atoms with Crippen LogP contribution in [0, 0.1) is 5.41 Å². The van der Waals surface area contributed by atoms with Gasteiger partial charge >= 0.3 is 0 Å². The number of benzene rings is 1. The number of ether oxygens (including phenoxy) is 2. The summed E-state index contributed by atoms with van der Waals surface area (Å²) in [4.78, 5) is 16.3. The maximum atomic E-state index is 12.1. The Balaban J connectivity index is 0.00000312. The van der Waals surface area contributed by atoms with E-state index in [1.165, 1.54) is 6.20 Å². The molecule has 0 bridgehead atoms. The monoisotopic (exact) mass is 401 g/mol. The first kappa shape index (κ1) is 24.0. The summed E-state index contributed by atoms with van der Waals surface area (Å²) in [5.41, 5.74) is 6.19. The molecule has 8 heteroatoms. The van der Waals surface area contributed by atoms with Crippen molar-refractivity contribution >= 4 is 36.4 Å². The van der Waals surface area contributed by atoms with E-state index in [9.17, 15) is 4.79 Å². The molecule has 0 fully saturated rings. The van der Waals surface area contributed by atoms with E-state index in [4.69, 9.17) is 15.2 Å². The zero-order valence-corrected chi connectivity index (χ0v) is 16.8. The fraction of sp³-hybridized carbons (Fsp3) is 0.333. The minimum Gasteiger partial charge on any atom is -0.497 e. The third kappa shape index (κ3) is 6.71. The quantitative estimate of drug-likeness (QED) is 0.789. The first-order valence-corrected chi connectivity index (χ1v) is 7.64. The lowest BCUT2D eigenvalue weighted by Crippen LogP contribution is -2.45. The van der Waals surface area contributed by atoms with Crippen molar-refractivity contribution in [2.45, 2.75) is 26.8 Å². The molecule has 6 nitrogen and oxygen atoms in total. The van der Waals surface area contributed by atoms with Crippen molar-refractivity contribution in [3.8, 4) is 17.4 Å². The van der Waals surface area contributed by atoms with Crippen LogP contribution in [0.3, 0.4) is 0 Å². The minimum atomic E-state index is -0.604. The molecule has 0 unspecified atom stereocenters. The number of halogens is 2. The van der Waals surface area contributed by atoms with Crippen LogP contribution in [0.2, 0.25) is 0 Å². The number of anilines is 1. The van der Waals surface area contributed by atoms with Crippen LogP contribution in [-0.4, -0.2) is 24.0 Å². The van der Waals surface area contributed by atoms with E-state index in [1.54, 1.807) is 43.5 Å². The Morgan fingerprint density at radius 3 is 2.12 bits per heavy atom. The largest absolute Gasteiger partial charge is 0.497 e. The third-order valence-electron chi connectivity index (χ3n) is 3.50. The zero-order chi connectivity index (χ0) is 17.7. The molecule has 144 valence electrons. The second-order valence-electron chi connectivity index (χ2n) is 6.50. The van der Waals surface area contributed by atoms with Gasteiger partial charge in [-0.1, -0.05) is 20.8 Å². The maximum absolute atomic E-state index is 12.1. The highest BCUT2D eigenvalue weighted by Gasteiger charge is 2.27. The molecule has 0 spiro atoms. The lowest BCUT2D eigenvalue weighted by Gasteiger charge is -2.25. The van der Waals surface area contributed by atoms with Gasteiger partial charge in [0.25, 0.3) is 0 Å². The van der Waals surface area contributed by atoms with E-state index in [0.717, 1.165) is 5.75 Å². The number of nitrogens with zero attached hydrogens (tertiary/aromatic N) is 1. The highest BCUT2D eigenvalue weighted by atomic mass is 35.5. The molecule has 26 heavy (non-hydrogen) atoms. The molecule has 0 saturated carbocycles. The Morgan fingerprint density at radius 1 is 1.08 bits per heavy atom. The summed E-state index contributed by atoms with van der Waals surface area (Å²) in [5.74, 6) is 1.59. The summed E-state index contributed by atoms with van der Waals surface area (Å²) < 4.78 is 10.7. The first-order chi connectivity index (χ1) is 11.3. The van der Waals surface area contributed by atoms with Crippen LogP contribution in [0.4, 0.5) is 5.69 Å². The van der Waals surface area contributed by atoms with E-state index in [-0.39, 0.29) is 36.1 Å². The van der Waals surface area contributed by atoms with Gasteiger partial charge in [0.15, 0.2) is 0 Å². The fourth-order valence-corrected chi connectivity index (χ4v) is 1.89. The lowest BCUT2D eigenvalue weighted by molar-refractivity contribution is -0.119. The highest BCUT2D eigenvalue weighted by Crippen LogP contribution is 2.23. The van der Waals surface area contributed by atoms with Crippen molar-refractivity contribution in [1.29, 1.82) is 0 Å². The summed E-state index contributed by atoms with van der Waals surface area (Å²) in [6.45, 7) is 5.75. The molecular formula is C18H25Cl2N3O3. The fourth-order valence-electron chi connectivity index (χ4n) is 1.89. The summed E-state index contributed by atoms with van der Waals surface area (Å²) in [5, 5.41) is 2.76. The smallest absolute Gasteiger partial charge is 0.241 e. The standard InChI is InChI=1S/C18H23N3O3.2ClH/c1-18(2,3)16(19)17(22)21-12-5-10-15(20-11-12)24-14-8-6-13(23-4)7-9-14;;/h5-11,16H,19H2,1-4H3,(H,21,22);2*1H/t16-;;/m1../s1. The summed E-state index contributed by atoms with van der Waals surface area (Å²) in [7, 11) is 1.61. The second-order valence-corrected chi connectivity index (χ2v) is 6.50. The Hall–Kier alpha value is -2.02. The van der Waals surface area contributed by atoms with Gasteiger partial charge in [-0.05, 0) is 35.7 Å². The molecule has 0 aliphatic rings. The van der Waals surface area contributed by atoms with E-state index in [1.807, 2.05) is 20.8 Å². The zero-order valence-electron chi connectivity index (χ0n) is 15.2. The molecule has 1 aromatic heterocycles. The van der Waals surface area contributed by atoms with Crippen LogP contribution in [0.5, 0.6) is 17.4 Å². The van der Waals surface area contributed by atoms with Crippen LogP contribution in [0.25, 0.3) is 0 Å². The average Bonchev–Trinajstić information content (AvgIpc) is 2.55. The summed E-state index contributed by atoms with van der Waals surface area (Å²) in [6.07, 6.45) is 1.53. The second kappa shape index (κ2) is 10.2. The van der Waals surface area contributed by atoms with E-state index >= 15 is 0 Å². The van der Waals surface area contributed by atoms with Gasteiger partial charge in [-0.3, -0.25) is 4.79 Å². The van der Waals surface area contributed by atoms with Crippen LogP contribution in [-0.2, 0) is 4.79 Å². The number of methoxy groups -OCH3 is 1. The van der Waals surface area contributed by atoms with E-state index in [0.29, 0.717) is 17.3 Å². The van der Waals surface area contributed by atoms with Gasteiger partial charge in [-0.15, -0.1) is 24.8 Å². The number of hydrogen-bond donors (Lipinski definition) is 2. The number of rotatable bonds is 5. The van der Waals surface area contributed by atoms with Gasteiger partial charge in [0.2, 0.25) is 11.8 Å². The predicted octanol–water partition coefficient (Wildman–Crippen LogP) is 4.04. The molecular weight excluding hydrogens is 377 g/mol. The van der Waals surface area contributed by atoms with Crippen molar-refractivity contribution in [3.05, 3.63) is 42.6 Å². The van der Waals surface area contributed by atoms with Crippen molar-refractivity contribution in [2.75, 3.05) is 12.4 Å². The number of amides is 1. The highest BCUT2D eigenvalue weighted by molar-refractivity contribution is 5.95. The molecule has 0 radical (unpaired) electrons. The van der Waals surface area contributed by atoms with E-state index in [2.05, 4.69) is 10.3 Å². The lowest BCUT2D eigenvalue weighted by atomic mass is 9.87. The van der Waals surface area contributed by atoms with Gasteiger partial charge < -0.3 is 20.5 Å². The number of carbonyl (C=O) groups excluding carboxylic acids is 1. The molecule has 0 aliphatic carbocycles. The van der Waals surface area contributed by atoms with E-state index < -0.39 is 6.04 Å². The topological polar surface area (TPSA) is 86.5 Å². The number of pyridine rings is 1. The Morgan fingerprint density at radius 2 is 1.65 bits per heavy atom. The van der Waals surface area contributed by atoms with Crippen molar-refractivity contribution in [2.24, 2.45) is 11.1 Å².